The Morgan fingerprint density at radius 2 is 1.97 bits per heavy atom. The molecule has 4 aliphatic heterocycles. The van der Waals surface area contributed by atoms with E-state index in [-0.39, 0.29) is 35.9 Å². The number of anilines is 1. The van der Waals surface area contributed by atoms with Gasteiger partial charge in [0.15, 0.2) is 0 Å². The van der Waals surface area contributed by atoms with E-state index in [0.717, 1.165) is 24.1 Å². The van der Waals surface area contributed by atoms with E-state index in [1.807, 2.05) is 11.8 Å². The summed E-state index contributed by atoms with van der Waals surface area (Å²) in [6, 6.07) is 2.12. The Bertz CT molecular complexity index is 957. The lowest BCUT2D eigenvalue weighted by molar-refractivity contribution is -0.147. The first kappa shape index (κ1) is 20.0. The van der Waals surface area contributed by atoms with Crippen LogP contribution in [0.2, 0.25) is 0 Å². The molecule has 0 unspecified atom stereocenters. The first-order valence-corrected chi connectivity index (χ1v) is 10.9. The van der Waals surface area contributed by atoms with E-state index in [1.54, 1.807) is 0 Å². The van der Waals surface area contributed by atoms with Crippen molar-refractivity contribution in [3.05, 3.63) is 28.3 Å². The monoisotopic (exact) mass is 413 g/mol. The van der Waals surface area contributed by atoms with Crippen LogP contribution < -0.4 is 4.90 Å². The van der Waals surface area contributed by atoms with Crippen molar-refractivity contribution in [2.75, 3.05) is 18.6 Å². The van der Waals surface area contributed by atoms with Crippen molar-refractivity contribution in [1.29, 1.82) is 0 Å². The van der Waals surface area contributed by atoms with Crippen molar-refractivity contribution < 1.29 is 23.8 Å². The van der Waals surface area contributed by atoms with Gasteiger partial charge in [0.25, 0.3) is 0 Å². The van der Waals surface area contributed by atoms with Crippen LogP contribution in [-0.2, 0) is 23.8 Å². The number of benzene rings is 1. The maximum Gasteiger partial charge on any atom is 0.305 e. The molecule has 2 bridgehead atoms. The third-order valence-electron chi connectivity index (χ3n) is 8.64. The average molecular weight is 414 g/mol. The van der Waals surface area contributed by atoms with Crippen LogP contribution >= 0.6 is 0 Å². The summed E-state index contributed by atoms with van der Waals surface area (Å²) in [4.78, 5) is 27.9. The van der Waals surface area contributed by atoms with Gasteiger partial charge in [0.1, 0.15) is 6.23 Å². The number of hydrogen-bond acceptors (Lipinski definition) is 5. The van der Waals surface area contributed by atoms with Gasteiger partial charge in [0.05, 0.1) is 37.3 Å². The van der Waals surface area contributed by atoms with E-state index < -0.39 is 11.2 Å². The number of carbonyl (C=O) groups is 2. The lowest BCUT2D eigenvalue weighted by Gasteiger charge is -2.43. The van der Waals surface area contributed by atoms with E-state index in [2.05, 4.69) is 33.8 Å². The molecule has 4 saturated heterocycles. The zero-order valence-electron chi connectivity index (χ0n) is 18.7. The van der Waals surface area contributed by atoms with Crippen molar-refractivity contribution in [1.82, 2.24) is 0 Å². The molecule has 4 fully saturated rings. The van der Waals surface area contributed by atoms with Crippen molar-refractivity contribution in [2.45, 2.75) is 71.3 Å². The highest BCUT2D eigenvalue weighted by molar-refractivity contribution is 6.00. The molecule has 4 heterocycles. The number of ether oxygens (including phenoxy) is 3. The van der Waals surface area contributed by atoms with Gasteiger partial charge < -0.3 is 14.2 Å². The number of fused-ring (bicyclic) bond motifs is 2. The fourth-order valence-corrected chi connectivity index (χ4v) is 6.73. The van der Waals surface area contributed by atoms with Crippen LogP contribution in [0.15, 0.2) is 6.07 Å². The average Bonchev–Trinajstić information content (AvgIpc) is 3.27. The highest BCUT2D eigenvalue weighted by Gasteiger charge is 2.77. The Hall–Kier alpha value is -1.92. The van der Waals surface area contributed by atoms with Crippen molar-refractivity contribution in [2.24, 2.45) is 17.8 Å². The van der Waals surface area contributed by atoms with E-state index in [0.29, 0.717) is 13.0 Å². The fourth-order valence-electron chi connectivity index (χ4n) is 6.73. The fraction of sp³-hybridized carbons (Fsp3) is 0.667. The summed E-state index contributed by atoms with van der Waals surface area (Å²) in [6.45, 7) is 11.0. The van der Waals surface area contributed by atoms with Gasteiger partial charge in [-0.05, 0) is 69.4 Å². The van der Waals surface area contributed by atoms with Gasteiger partial charge in [0.2, 0.25) is 5.91 Å². The van der Waals surface area contributed by atoms with Crippen molar-refractivity contribution in [3.8, 4) is 0 Å². The number of amides is 1. The summed E-state index contributed by atoms with van der Waals surface area (Å²) in [5, 5.41) is 0. The normalized spacial score (nSPS) is 38.9. The molecule has 30 heavy (non-hydrogen) atoms. The third-order valence-corrected chi connectivity index (χ3v) is 8.64. The summed E-state index contributed by atoms with van der Waals surface area (Å²) in [6.07, 6.45) is 1.53. The lowest BCUT2D eigenvalue weighted by Crippen LogP contribution is -2.52. The Kier molecular flexibility index (Phi) is 4.20. The number of nitrogens with zero attached hydrogens (tertiary/aromatic N) is 1. The van der Waals surface area contributed by atoms with E-state index in [9.17, 15) is 9.59 Å². The zero-order valence-corrected chi connectivity index (χ0v) is 18.7. The van der Waals surface area contributed by atoms with Gasteiger partial charge in [-0.2, -0.15) is 0 Å². The predicted octanol–water partition coefficient (Wildman–Crippen LogP) is 3.36. The quantitative estimate of drug-likeness (QED) is 0.711. The maximum atomic E-state index is 13.9. The Balaban J connectivity index is 1.60. The van der Waals surface area contributed by atoms with Crippen molar-refractivity contribution >= 4 is 17.6 Å². The highest BCUT2D eigenvalue weighted by atomic mass is 16.6. The van der Waals surface area contributed by atoms with Gasteiger partial charge >= 0.3 is 5.97 Å². The molecule has 6 atom stereocenters. The molecule has 4 aliphatic rings. The molecule has 0 aromatic heterocycles. The predicted molar refractivity (Wildman–Crippen MR) is 111 cm³/mol. The van der Waals surface area contributed by atoms with Crippen molar-refractivity contribution in [3.63, 3.8) is 0 Å². The van der Waals surface area contributed by atoms with Crippen LogP contribution in [0.25, 0.3) is 0 Å². The number of aryl methyl sites for hydroxylation is 1. The Labute approximate surface area is 177 Å². The minimum atomic E-state index is -0.667. The van der Waals surface area contributed by atoms with Crippen LogP contribution in [0.4, 0.5) is 5.69 Å². The molecular formula is C24H31NO5. The molecule has 1 aromatic carbocycles. The number of rotatable bonds is 3. The van der Waals surface area contributed by atoms with E-state index in [4.69, 9.17) is 14.2 Å². The van der Waals surface area contributed by atoms with Gasteiger partial charge in [-0.15, -0.1) is 0 Å². The minimum Gasteiger partial charge on any atom is -0.469 e. The van der Waals surface area contributed by atoms with Crippen LogP contribution in [-0.4, -0.2) is 43.0 Å². The third kappa shape index (κ3) is 2.32. The maximum absolute atomic E-state index is 13.9. The molecule has 1 amide bonds. The molecular weight excluding hydrogens is 382 g/mol. The summed E-state index contributed by atoms with van der Waals surface area (Å²) in [5.74, 6) is -0.489. The smallest absolute Gasteiger partial charge is 0.305 e. The molecule has 0 aliphatic carbocycles. The number of esters is 1. The first-order chi connectivity index (χ1) is 14.1. The second-order valence-electron chi connectivity index (χ2n) is 9.84. The molecule has 0 radical (unpaired) electrons. The molecule has 5 rings (SSSR count). The largest absolute Gasteiger partial charge is 0.469 e. The summed E-state index contributed by atoms with van der Waals surface area (Å²) in [7, 11) is 1.41. The lowest BCUT2D eigenvalue weighted by atomic mass is 9.61. The first-order valence-electron chi connectivity index (χ1n) is 10.9. The topological polar surface area (TPSA) is 65.1 Å². The summed E-state index contributed by atoms with van der Waals surface area (Å²) >= 11 is 0. The molecule has 6 heteroatoms. The van der Waals surface area contributed by atoms with Crippen LogP contribution in [0.1, 0.15) is 48.4 Å². The summed E-state index contributed by atoms with van der Waals surface area (Å²) in [5.41, 5.74) is 4.67. The van der Waals surface area contributed by atoms with Crippen LogP contribution in [0, 0.1) is 45.4 Å². The molecule has 0 N–H and O–H groups in total. The highest BCUT2D eigenvalue weighted by Crippen LogP contribution is 2.67. The molecule has 162 valence electrons. The number of methoxy groups -OCH3 is 1. The molecule has 0 saturated carbocycles. The number of carbonyl (C=O) groups excluding carboxylic acids is 2. The van der Waals surface area contributed by atoms with E-state index in [1.165, 1.54) is 23.8 Å². The SMILES string of the molecule is COC(=O)C[C@@H]1C[C@@]23CCO[C@H]4[C@@H]2[C@H](C(=O)N4c2cc(C)c(C)c(C)c2C)[C@]1(C)O3. The Morgan fingerprint density at radius 3 is 2.67 bits per heavy atom. The van der Waals surface area contributed by atoms with Gasteiger partial charge in [-0.1, -0.05) is 0 Å². The molecule has 1 aromatic rings. The van der Waals surface area contributed by atoms with Crippen LogP contribution in [0.3, 0.4) is 0 Å². The molecule has 1 spiro atoms. The van der Waals surface area contributed by atoms with Gasteiger partial charge in [0, 0.05) is 23.9 Å². The minimum absolute atomic E-state index is 0.000961. The number of hydrogen-bond donors (Lipinski definition) is 0. The molecule has 6 nitrogen and oxygen atoms in total. The Morgan fingerprint density at radius 1 is 1.23 bits per heavy atom. The van der Waals surface area contributed by atoms with Crippen LogP contribution in [0.5, 0.6) is 0 Å². The standard InChI is InChI=1S/C24H31NO5/c1-12-9-17(15(4)14(3)13(12)2)25-21(27)19-20-22(25)29-8-7-24(20)11-16(10-18(26)28-6)23(19,5)30-24/h9,16,19-20,22H,7-8,10-11H2,1-6H3/t16-,19-,20+,22+,23-,24+/m1/s1. The zero-order chi connectivity index (χ0) is 21.6. The van der Waals surface area contributed by atoms with Gasteiger partial charge in [-0.25, -0.2) is 0 Å². The van der Waals surface area contributed by atoms with Gasteiger partial charge in [-0.3, -0.25) is 14.5 Å². The van der Waals surface area contributed by atoms with E-state index >= 15 is 0 Å². The summed E-state index contributed by atoms with van der Waals surface area (Å²) < 4.78 is 17.8. The second kappa shape index (κ2) is 6.30. The second-order valence-corrected chi connectivity index (χ2v) is 9.84.